The highest BCUT2D eigenvalue weighted by Gasteiger charge is 2.34. The third kappa shape index (κ3) is 6.80. The Kier molecular flexibility index (Phi) is 6.65. The number of aliphatic imine (C=N–C) groups is 1. The molecule has 3 N–H and O–H groups in total. The largest absolute Gasteiger partial charge is 0.444 e. The Morgan fingerprint density at radius 1 is 1.30 bits per heavy atom. The Balaban J connectivity index is 1.78. The lowest BCUT2D eigenvalue weighted by molar-refractivity contribution is -0.114. The molecule has 1 saturated heterocycles. The van der Waals surface area contributed by atoms with E-state index in [4.69, 9.17) is 4.74 Å². The molecule has 27 heavy (non-hydrogen) atoms. The number of benzene rings is 1. The second kappa shape index (κ2) is 8.75. The predicted octanol–water partition coefficient (Wildman–Crippen LogP) is 1.93. The van der Waals surface area contributed by atoms with Gasteiger partial charge in [0.15, 0.2) is 5.96 Å². The molecule has 1 aliphatic heterocycles. The third-order valence-electron chi connectivity index (χ3n) is 3.80. The minimum absolute atomic E-state index is 0.0999. The fraction of sp³-hybridized carbons (Fsp3) is 0.526. The summed E-state index contributed by atoms with van der Waals surface area (Å²) in [4.78, 5) is 29.0. The molecule has 1 aromatic rings. The van der Waals surface area contributed by atoms with Crippen LogP contribution < -0.4 is 16.0 Å². The number of likely N-dealkylation sites (tertiary alicyclic amines) is 1. The Morgan fingerprint density at radius 3 is 2.59 bits per heavy atom. The van der Waals surface area contributed by atoms with Crippen molar-refractivity contribution < 1.29 is 14.3 Å². The van der Waals surface area contributed by atoms with Crippen molar-refractivity contribution in [3.8, 4) is 0 Å². The molecule has 0 spiro atoms. The van der Waals surface area contributed by atoms with Crippen molar-refractivity contribution in [1.29, 1.82) is 0 Å². The fourth-order valence-corrected chi connectivity index (χ4v) is 2.58. The predicted molar refractivity (Wildman–Crippen MR) is 106 cm³/mol. The van der Waals surface area contributed by atoms with Crippen LogP contribution >= 0.6 is 0 Å². The summed E-state index contributed by atoms with van der Waals surface area (Å²) < 4.78 is 5.35. The second-order valence-electron chi connectivity index (χ2n) is 7.53. The first-order valence-corrected chi connectivity index (χ1v) is 8.98. The van der Waals surface area contributed by atoms with Crippen LogP contribution in [0.15, 0.2) is 29.3 Å². The molecule has 8 nitrogen and oxygen atoms in total. The molecule has 0 aromatic heterocycles. The molecule has 148 valence electrons. The van der Waals surface area contributed by atoms with E-state index in [1.54, 1.807) is 11.9 Å². The van der Waals surface area contributed by atoms with Crippen LogP contribution in [0.2, 0.25) is 0 Å². The number of guanidine groups is 1. The Bertz CT molecular complexity index is 706. The highest BCUT2D eigenvalue weighted by molar-refractivity contribution is 5.88. The van der Waals surface area contributed by atoms with Crippen LogP contribution in [0.3, 0.4) is 0 Å². The zero-order chi connectivity index (χ0) is 20.0. The lowest BCUT2D eigenvalue weighted by atomic mass is 10.1. The summed E-state index contributed by atoms with van der Waals surface area (Å²) in [6.45, 7) is 8.76. The minimum Gasteiger partial charge on any atom is -0.444 e. The van der Waals surface area contributed by atoms with Gasteiger partial charge < -0.3 is 25.6 Å². The lowest BCUT2D eigenvalue weighted by Crippen LogP contribution is -2.63. The van der Waals surface area contributed by atoms with E-state index in [0.29, 0.717) is 25.6 Å². The van der Waals surface area contributed by atoms with Crippen LogP contribution in [0.25, 0.3) is 0 Å². The number of rotatable bonds is 4. The SMILES string of the molecule is CN=C(NCc1cccc(NC(C)=O)c1)NC1CN(C(=O)OC(C)(C)C)C1. The third-order valence-corrected chi connectivity index (χ3v) is 3.80. The van der Waals surface area contributed by atoms with Gasteiger partial charge in [0.25, 0.3) is 0 Å². The summed E-state index contributed by atoms with van der Waals surface area (Å²) in [6, 6.07) is 7.75. The van der Waals surface area contributed by atoms with Crippen molar-refractivity contribution >= 4 is 23.6 Å². The Labute approximate surface area is 160 Å². The summed E-state index contributed by atoms with van der Waals surface area (Å²) in [5.74, 6) is 0.561. The second-order valence-corrected chi connectivity index (χ2v) is 7.53. The summed E-state index contributed by atoms with van der Waals surface area (Å²) >= 11 is 0. The maximum Gasteiger partial charge on any atom is 0.410 e. The van der Waals surface area contributed by atoms with Crippen molar-refractivity contribution in [3.05, 3.63) is 29.8 Å². The number of anilines is 1. The maximum atomic E-state index is 12.0. The standard InChI is InChI=1S/C19H29N5O3/c1-13(25)22-15-8-6-7-14(9-15)10-21-17(20-5)23-16-11-24(12-16)18(26)27-19(2,3)4/h6-9,16H,10-12H2,1-5H3,(H,22,25)(H2,20,21,23). The first-order chi connectivity index (χ1) is 12.7. The summed E-state index contributed by atoms with van der Waals surface area (Å²) in [5.41, 5.74) is 1.30. The molecule has 8 heteroatoms. The van der Waals surface area contributed by atoms with Gasteiger partial charge in [-0.15, -0.1) is 0 Å². The van der Waals surface area contributed by atoms with Gasteiger partial charge in [-0.05, 0) is 38.5 Å². The number of hydrogen-bond donors (Lipinski definition) is 3. The monoisotopic (exact) mass is 375 g/mol. The Morgan fingerprint density at radius 2 is 2.00 bits per heavy atom. The molecule has 0 aliphatic carbocycles. The molecular weight excluding hydrogens is 346 g/mol. The van der Waals surface area contributed by atoms with Crippen molar-refractivity contribution in [1.82, 2.24) is 15.5 Å². The Hall–Kier alpha value is -2.77. The molecule has 1 heterocycles. The van der Waals surface area contributed by atoms with Gasteiger partial charge in [-0.3, -0.25) is 9.79 Å². The highest BCUT2D eigenvalue weighted by Crippen LogP contribution is 2.15. The van der Waals surface area contributed by atoms with Crippen LogP contribution in [0.1, 0.15) is 33.3 Å². The average molecular weight is 375 g/mol. The van der Waals surface area contributed by atoms with E-state index < -0.39 is 5.60 Å². The van der Waals surface area contributed by atoms with E-state index in [1.165, 1.54) is 6.92 Å². The molecule has 0 unspecified atom stereocenters. The zero-order valence-corrected chi connectivity index (χ0v) is 16.6. The first-order valence-electron chi connectivity index (χ1n) is 8.98. The van der Waals surface area contributed by atoms with Crippen molar-refractivity contribution in [2.24, 2.45) is 4.99 Å². The molecular formula is C19H29N5O3. The molecule has 0 atom stereocenters. The highest BCUT2D eigenvalue weighted by atomic mass is 16.6. The van der Waals surface area contributed by atoms with Gasteiger partial charge >= 0.3 is 6.09 Å². The van der Waals surface area contributed by atoms with Crippen molar-refractivity contribution in [2.45, 2.75) is 45.9 Å². The van der Waals surface area contributed by atoms with Gasteiger partial charge in [0.05, 0.1) is 6.04 Å². The van der Waals surface area contributed by atoms with E-state index in [-0.39, 0.29) is 18.0 Å². The number of nitrogens with one attached hydrogen (secondary N) is 3. The van der Waals surface area contributed by atoms with E-state index >= 15 is 0 Å². The van der Waals surface area contributed by atoms with Crippen LogP contribution in [-0.2, 0) is 16.1 Å². The van der Waals surface area contributed by atoms with Crippen LogP contribution in [0.4, 0.5) is 10.5 Å². The van der Waals surface area contributed by atoms with Gasteiger partial charge in [-0.1, -0.05) is 12.1 Å². The summed E-state index contributed by atoms with van der Waals surface area (Å²) in [6.07, 6.45) is -0.293. The van der Waals surface area contributed by atoms with Gasteiger partial charge in [-0.2, -0.15) is 0 Å². The normalized spacial score (nSPS) is 15.0. The first kappa shape index (κ1) is 20.5. The van der Waals surface area contributed by atoms with Crippen LogP contribution in [0, 0.1) is 0 Å². The van der Waals surface area contributed by atoms with Gasteiger partial charge in [0.1, 0.15) is 5.60 Å². The molecule has 2 amide bonds. The number of nitrogens with zero attached hydrogens (tertiary/aromatic N) is 2. The van der Waals surface area contributed by atoms with E-state index in [0.717, 1.165) is 11.3 Å². The van der Waals surface area contributed by atoms with E-state index in [1.807, 2.05) is 45.0 Å². The molecule has 0 radical (unpaired) electrons. The minimum atomic E-state index is -0.487. The topological polar surface area (TPSA) is 95.1 Å². The molecule has 1 aliphatic rings. The van der Waals surface area contributed by atoms with E-state index in [9.17, 15) is 9.59 Å². The quantitative estimate of drug-likeness (QED) is 0.552. The molecule has 2 rings (SSSR count). The summed E-state index contributed by atoms with van der Waals surface area (Å²) in [5, 5.41) is 9.29. The van der Waals surface area contributed by atoms with Crippen molar-refractivity contribution in [3.63, 3.8) is 0 Å². The van der Waals surface area contributed by atoms with Gasteiger partial charge in [-0.25, -0.2) is 4.79 Å². The van der Waals surface area contributed by atoms with Crippen LogP contribution in [-0.4, -0.2) is 54.6 Å². The number of carbonyl (C=O) groups excluding carboxylic acids is 2. The molecule has 0 saturated carbocycles. The number of amides is 2. The van der Waals surface area contributed by atoms with Gasteiger partial charge in [0.2, 0.25) is 5.91 Å². The molecule has 1 fully saturated rings. The average Bonchev–Trinajstić information content (AvgIpc) is 2.51. The number of carbonyl (C=O) groups is 2. The fourth-order valence-electron chi connectivity index (χ4n) is 2.58. The van der Waals surface area contributed by atoms with Gasteiger partial charge in [0, 0.05) is 39.3 Å². The maximum absolute atomic E-state index is 12.0. The van der Waals surface area contributed by atoms with Crippen molar-refractivity contribution in [2.75, 3.05) is 25.5 Å². The smallest absolute Gasteiger partial charge is 0.410 e. The lowest BCUT2D eigenvalue weighted by Gasteiger charge is -2.40. The molecule has 1 aromatic carbocycles. The number of ether oxygens (including phenoxy) is 1. The van der Waals surface area contributed by atoms with Crippen LogP contribution in [0.5, 0.6) is 0 Å². The van der Waals surface area contributed by atoms with E-state index in [2.05, 4.69) is 20.9 Å². The number of hydrogen-bond acceptors (Lipinski definition) is 4. The summed E-state index contributed by atoms with van der Waals surface area (Å²) in [7, 11) is 1.70. The zero-order valence-electron chi connectivity index (χ0n) is 16.6. The molecule has 0 bridgehead atoms.